The van der Waals surface area contributed by atoms with Crippen LogP contribution in [0.4, 0.5) is 10.3 Å². The Hall–Kier alpha value is -4.14. The molecule has 2 heterocycles. The monoisotopic (exact) mass is 536 g/mol. The molecule has 5 aromatic rings. The van der Waals surface area contributed by atoms with Crippen molar-refractivity contribution < 1.29 is 0 Å². The van der Waals surface area contributed by atoms with Crippen molar-refractivity contribution >= 4 is 44.4 Å². The first-order valence-corrected chi connectivity index (χ1v) is 14.0. The van der Waals surface area contributed by atoms with Gasteiger partial charge in [0, 0.05) is 21.9 Å². The van der Waals surface area contributed by atoms with Crippen LogP contribution < -0.4 is 10.9 Å². The van der Waals surface area contributed by atoms with Crippen LogP contribution in [0.3, 0.4) is 0 Å². The fourth-order valence-corrected chi connectivity index (χ4v) is 5.03. The van der Waals surface area contributed by atoms with E-state index in [2.05, 4.69) is 108 Å². The van der Waals surface area contributed by atoms with Crippen LogP contribution >= 0.6 is 22.7 Å². The zero-order valence-electron chi connectivity index (χ0n) is 21.7. The molecule has 0 bridgehead atoms. The Labute approximate surface area is 230 Å². The summed E-state index contributed by atoms with van der Waals surface area (Å²) in [7, 11) is 0. The van der Waals surface area contributed by atoms with Gasteiger partial charge in [0.15, 0.2) is 0 Å². The molecule has 190 valence electrons. The molecule has 0 aliphatic rings. The van der Waals surface area contributed by atoms with Gasteiger partial charge in [-0.25, -0.2) is 9.97 Å². The Kier molecular flexibility index (Phi) is 7.72. The normalized spacial score (nSPS) is 12.0. The van der Waals surface area contributed by atoms with E-state index in [-0.39, 0.29) is 0 Å². The first-order valence-electron chi connectivity index (χ1n) is 12.2. The third-order valence-electron chi connectivity index (χ3n) is 6.06. The van der Waals surface area contributed by atoms with Crippen molar-refractivity contribution in [3.63, 3.8) is 0 Å². The highest BCUT2D eigenvalue weighted by Crippen LogP contribution is 2.29. The number of hydrogen-bond acceptors (Lipinski definition) is 8. The molecule has 0 unspecified atom stereocenters. The molecule has 0 aliphatic carbocycles. The molecule has 6 nitrogen and oxygen atoms in total. The number of anilines is 2. The highest BCUT2D eigenvalue weighted by Gasteiger charge is 2.08. The predicted octanol–water partition coefficient (Wildman–Crippen LogP) is 8.22. The third kappa shape index (κ3) is 6.22. The van der Waals surface area contributed by atoms with E-state index in [1.807, 2.05) is 24.6 Å². The van der Waals surface area contributed by atoms with Crippen molar-refractivity contribution in [2.24, 2.45) is 10.2 Å². The lowest BCUT2D eigenvalue weighted by atomic mass is 10.1. The number of benzene rings is 3. The van der Waals surface area contributed by atoms with Crippen LogP contribution in [0.25, 0.3) is 22.5 Å². The summed E-state index contributed by atoms with van der Waals surface area (Å²) in [6, 6.07) is 24.9. The molecule has 0 aliphatic heterocycles. The smallest absolute Gasteiger partial charge is 0.203 e. The van der Waals surface area contributed by atoms with E-state index >= 15 is 0 Å². The summed E-state index contributed by atoms with van der Waals surface area (Å²) in [5.74, 6) is 0. The van der Waals surface area contributed by atoms with Crippen molar-refractivity contribution in [3.8, 4) is 22.5 Å². The second kappa shape index (κ2) is 11.5. The number of hydrazone groups is 2. The molecule has 0 atom stereocenters. The molecule has 2 aromatic heterocycles. The van der Waals surface area contributed by atoms with Crippen molar-refractivity contribution in [1.82, 2.24) is 9.97 Å². The Balaban J connectivity index is 1.21. The minimum absolute atomic E-state index is 0.757. The first kappa shape index (κ1) is 25.5. The van der Waals surface area contributed by atoms with Gasteiger partial charge in [0.25, 0.3) is 0 Å². The number of nitrogens with one attached hydrogen (secondary N) is 2. The van der Waals surface area contributed by atoms with Gasteiger partial charge >= 0.3 is 0 Å². The van der Waals surface area contributed by atoms with Crippen LogP contribution in [-0.4, -0.2) is 21.4 Å². The van der Waals surface area contributed by atoms with Crippen molar-refractivity contribution in [2.75, 3.05) is 10.9 Å². The molecule has 0 amide bonds. The van der Waals surface area contributed by atoms with Crippen molar-refractivity contribution in [1.29, 1.82) is 0 Å². The highest BCUT2D eigenvalue weighted by atomic mass is 32.1. The molecule has 5 rings (SSSR count). The van der Waals surface area contributed by atoms with Gasteiger partial charge < -0.3 is 0 Å². The molecular formula is C30H28N6S2. The third-order valence-corrected chi connectivity index (χ3v) is 7.56. The maximum absolute atomic E-state index is 4.70. The second-order valence-corrected chi connectivity index (χ2v) is 10.7. The van der Waals surface area contributed by atoms with Crippen LogP contribution in [0.5, 0.6) is 0 Å². The molecule has 8 heteroatoms. The van der Waals surface area contributed by atoms with Gasteiger partial charge in [-0.2, -0.15) is 10.2 Å². The van der Waals surface area contributed by atoms with Gasteiger partial charge in [-0.05, 0) is 38.8 Å². The fraction of sp³-hybridized carbons (Fsp3) is 0.133. The zero-order valence-corrected chi connectivity index (χ0v) is 23.3. The molecule has 2 N–H and O–H groups in total. The number of aryl methyl sites for hydroxylation is 2. The average Bonchev–Trinajstić information content (AvgIpc) is 3.61. The number of aromatic nitrogens is 2. The molecule has 0 spiro atoms. The predicted molar refractivity (Wildman–Crippen MR) is 163 cm³/mol. The maximum atomic E-state index is 4.70. The van der Waals surface area contributed by atoms with E-state index in [9.17, 15) is 0 Å². The minimum Gasteiger partial charge on any atom is -0.252 e. The van der Waals surface area contributed by atoms with Crippen molar-refractivity contribution in [2.45, 2.75) is 27.7 Å². The summed E-state index contributed by atoms with van der Waals surface area (Å²) in [6.07, 6.45) is 0. The van der Waals surface area contributed by atoms with E-state index in [1.54, 1.807) is 0 Å². The molecule has 3 aromatic carbocycles. The van der Waals surface area contributed by atoms with Gasteiger partial charge in [-0.15, -0.1) is 22.7 Å². The topological polar surface area (TPSA) is 74.6 Å². The largest absolute Gasteiger partial charge is 0.252 e. The quantitative estimate of drug-likeness (QED) is 0.155. The summed E-state index contributed by atoms with van der Waals surface area (Å²) in [6.45, 7) is 8.13. The second-order valence-electron chi connectivity index (χ2n) is 9.00. The molecule has 0 radical (unpaired) electrons. The standard InChI is InChI=1S/C30H28N6S2/c1-19-5-9-23(10-6-19)21(3)33-35-29-31-27(17-37-29)25-13-15-26(16-14-25)28-18-38-30(32-28)36-34-22(4)24-11-7-20(2)8-12-24/h5-18H,1-4H3,(H,31,35)(H,32,36)/b33-21+,34-22+. The van der Waals surface area contributed by atoms with Crippen LogP contribution in [0, 0.1) is 13.8 Å². The van der Waals surface area contributed by atoms with E-state index in [0.29, 0.717) is 0 Å². The van der Waals surface area contributed by atoms with Crippen molar-refractivity contribution in [3.05, 3.63) is 106 Å². The first-order chi connectivity index (χ1) is 18.4. The maximum Gasteiger partial charge on any atom is 0.203 e. The Morgan fingerprint density at radius 3 is 1.32 bits per heavy atom. The average molecular weight is 537 g/mol. The van der Waals surface area contributed by atoms with Gasteiger partial charge in [-0.3, -0.25) is 10.9 Å². The molecular weight excluding hydrogens is 509 g/mol. The summed E-state index contributed by atoms with van der Waals surface area (Å²) in [5, 5.41) is 14.6. The number of hydrogen-bond donors (Lipinski definition) is 2. The number of thiazole rings is 2. The minimum atomic E-state index is 0.757. The van der Waals surface area contributed by atoms with Gasteiger partial charge in [0.1, 0.15) is 0 Å². The van der Waals surface area contributed by atoms with Crippen LogP contribution in [-0.2, 0) is 0 Å². The van der Waals surface area contributed by atoms with E-state index in [0.717, 1.165) is 55.3 Å². The van der Waals surface area contributed by atoms with Gasteiger partial charge in [0.2, 0.25) is 10.3 Å². The van der Waals surface area contributed by atoms with Gasteiger partial charge in [-0.1, -0.05) is 83.9 Å². The molecule has 0 saturated carbocycles. The lowest BCUT2D eigenvalue weighted by molar-refractivity contribution is 1.27. The Morgan fingerprint density at radius 2 is 0.947 bits per heavy atom. The summed E-state index contributed by atoms with van der Waals surface area (Å²) in [4.78, 5) is 9.40. The van der Waals surface area contributed by atoms with Crippen LogP contribution in [0.2, 0.25) is 0 Å². The molecule has 0 fully saturated rings. The SMILES string of the molecule is C/C(=N\Nc1nc(-c2ccc(-c3csc(N/N=C(\C)c4ccc(C)cc4)n3)cc2)cs1)c1ccc(C)cc1. The molecule has 0 saturated heterocycles. The van der Waals surface area contributed by atoms with E-state index in [4.69, 9.17) is 9.97 Å². The number of rotatable bonds is 8. The highest BCUT2D eigenvalue weighted by molar-refractivity contribution is 7.14. The molecule has 38 heavy (non-hydrogen) atoms. The van der Waals surface area contributed by atoms with Crippen LogP contribution in [0.1, 0.15) is 36.1 Å². The van der Waals surface area contributed by atoms with Crippen LogP contribution in [0.15, 0.2) is 93.8 Å². The Morgan fingerprint density at radius 1 is 0.579 bits per heavy atom. The summed E-state index contributed by atoms with van der Waals surface area (Å²) in [5.41, 5.74) is 16.6. The lowest BCUT2D eigenvalue weighted by Gasteiger charge is -2.02. The number of nitrogens with zero attached hydrogens (tertiary/aromatic N) is 4. The van der Waals surface area contributed by atoms with Gasteiger partial charge in [0.05, 0.1) is 22.8 Å². The Bertz CT molecular complexity index is 1460. The zero-order chi connectivity index (χ0) is 26.5. The fourth-order valence-electron chi connectivity index (χ4n) is 3.71. The summed E-state index contributed by atoms with van der Waals surface area (Å²) < 4.78 is 0. The summed E-state index contributed by atoms with van der Waals surface area (Å²) >= 11 is 3.07. The van der Waals surface area contributed by atoms with E-state index < -0.39 is 0 Å². The lowest BCUT2D eigenvalue weighted by Crippen LogP contribution is -1.99. The van der Waals surface area contributed by atoms with E-state index in [1.165, 1.54) is 33.8 Å².